The third-order valence-corrected chi connectivity index (χ3v) is 3.68. The number of carboxylic acid groups (broad SMARTS) is 1. The van der Waals surface area contributed by atoms with Gasteiger partial charge >= 0.3 is 12.0 Å². The molecule has 7 nitrogen and oxygen atoms in total. The van der Waals surface area contributed by atoms with Gasteiger partial charge in [0.2, 0.25) is 0 Å². The third kappa shape index (κ3) is 4.70. The minimum absolute atomic E-state index is 0.0460. The average Bonchev–Trinajstić information content (AvgIpc) is 2.47. The topological polar surface area (TPSA) is 104 Å². The van der Waals surface area contributed by atoms with Gasteiger partial charge in [-0.25, -0.2) is 4.79 Å². The number of aryl methyl sites for hydroxylation is 1. The van der Waals surface area contributed by atoms with E-state index in [1.165, 1.54) is 0 Å². The van der Waals surface area contributed by atoms with Crippen LogP contribution in [-0.2, 0) is 11.3 Å². The Morgan fingerprint density at radius 1 is 1.24 bits per heavy atom. The number of carbonyl (C=O) groups is 2. The summed E-state index contributed by atoms with van der Waals surface area (Å²) in [6.07, 6.45) is 5.92. The van der Waals surface area contributed by atoms with Crippen LogP contribution in [0.25, 0.3) is 0 Å². The fourth-order valence-electron chi connectivity index (χ4n) is 2.40. The summed E-state index contributed by atoms with van der Waals surface area (Å²) >= 11 is 0. The van der Waals surface area contributed by atoms with E-state index >= 15 is 0 Å². The number of amides is 2. The summed E-state index contributed by atoms with van der Waals surface area (Å²) in [7, 11) is 0. The Balaban J connectivity index is 1.70. The lowest BCUT2D eigenvalue weighted by Gasteiger charge is -2.26. The number of carboxylic acids is 1. The number of aliphatic carboxylic acids is 1. The number of aromatic nitrogens is 2. The van der Waals surface area contributed by atoms with Crippen molar-refractivity contribution in [3.05, 3.63) is 23.8 Å². The van der Waals surface area contributed by atoms with Gasteiger partial charge in [0, 0.05) is 12.2 Å². The molecule has 1 saturated carbocycles. The number of hydrogen-bond acceptors (Lipinski definition) is 4. The second-order valence-electron chi connectivity index (χ2n) is 5.36. The molecule has 1 heterocycles. The zero-order valence-corrected chi connectivity index (χ0v) is 12.0. The van der Waals surface area contributed by atoms with E-state index < -0.39 is 5.97 Å². The van der Waals surface area contributed by atoms with Crippen LogP contribution in [0.5, 0.6) is 0 Å². The van der Waals surface area contributed by atoms with Gasteiger partial charge in [-0.2, -0.15) is 0 Å². The van der Waals surface area contributed by atoms with Crippen LogP contribution >= 0.6 is 0 Å². The van der Waals surface area contributed by atoms with E-state index in [4.69, 9.17) is 5.11 Å². The lowest BCUT2D eigenvalue weighted by atomic mass is 9.86. The minimum Gasteiger partial charge on any atom is -0.481 e. The van der Waals surface area contributed by atoms with Crippen molar-refractivity contribution >= 4 is 12.0 Å². The molecule has 2 amide bonds. The van der Waals surface area contributed by atoms with Gasteiger partial charge in [0.25, 0.3) is 0 Å². The Morgan fingerprint density at radius 3 is 2.52 bits per heavy atom. The van der Waals surface area contributed by atoms with Crippen LogP contribution in [0.15, 0.2) is 12.4 Å². The van der Waals surface area contributed by atoms with Gasteiger partial charge in [-0.15, -0.1) is 0 Å². The number of nitrogens with zero attached hydrogens (tertiary/aromatic N) is 2. The van der Waals surface area contributed by atoms with Gasteiger partial charge in [-0.05, 0) is 32.6 Å². The Kier molecular flexibility index (Phi) is 5.08. The van der Waals surface area contributed by atoms with Crippen molar-refractivity contribution in [1.29, 1.82) is 0 Å². The number of rotatable bonds is 4. The summed E-state index contributed by atoms with van der Waals surface area (Å²) < 4.78 is 0. The quantitative estimate of drug-likeness (QED) is 0.774. The van der Waals surface area contributed by atoms with Crippen molar-refractivity contribution in [2.24, 2.45) is 5.92 Å². The highest BCUT2D eigenvalue weighted by Crippen LogP contribution is 2.24. The van der Waals surface area contributed by atoms with Gasteiger partial charge in [-0.1, -0.05) is 0 Å². The lowest BCUT2D eigenvalue weighted by molar-refractivity contribution is -0.142. The molecule has 0 unspecified atom stereocenters. The Bertz CT molecular complexity index is 495. The van der Waals surface area contributed by atoms with E-state index in [1.807, 2.05) is 6.92 Å². The Morgan fingerprint density at radius 2 is 1.95 bits per heavy atom. The molecule has 7 heteroatoms. The predicted octanol–water partition coefficient (Wildman–Crippen LogP) is 1.23. The first-order valence-corrected chi connectivity index (χ1v) is 7.09. The Labute approximate surface area is 123 Å². The molecule has 0 radical (unpaired) electrons. The monoisotopic (exact) mass is 292 g/mol. The highest BCUT2D eigenvalue weighted by Gasteiger charge is 2.26. The third-order valence-electron chi connectivity index (χ3n) is 3.68. The molecule has 0 aliphatic heterocycles. The van der Waals surface area contributed by atoms with Gasteiger partial charge in [-0.3, -0.25) is 14.8 Å². The highest BCUT2D eigenvalue weighted by molar-refractivity contribution is 5.74. The normalized spacial score (nSPS) is 21.6. The van der Waals surface area contributed by atoms with Gasteiger partial charge in [0.05, 0.1) is 30.0 Å². The zero-order valence-electron chi connectivity index (χ0n) is 12.0. The summed E-state index contributed by atoms with van der Waals surface area (Å²) in [6, 6.07) is -0.208. The first kappa shape index (κ1) is 15.2. The van der Waals surface area contributed by atoms with Crippen LogP contribution < -0.4 is 10.6 Å². The average molecular weight is 292 g/mol. The molecule has 3 N–H and O–H groups in total. The Hall–Kier alpha value is -2.18. The van der Waals surface area contributed by atoms with E-state index in [9.17, 15) is 9.59 Å². The summed E-state index contributed by atoms with van der Waals surface area (Å²) in [4.78, 5) is 30.9. The van der Waals surface area contributed by atoms with E-state index in [1.54, 1.807) is 12.4 Å². The lowest BCUT2D eigenvalue weighted by Crippen LogP contribution is -2.44. The highest BCUT2D eigenvalue weighted by atomic mass is 16.4. The van der Waals surface area contributed by atoms with Crippen LogP contribution in [0.3, 0.4) is 0 Å². The molecule has 0 atom stereocenters. The molecular formula is C14H20N4O3. The summed E-state index contributed by atoms with van der Waals surface area (Å²) in [6.45, 7) is 2.17. The molecule has 0 bridgehead atoms. The standard InChI is InChI=1S/C14H20N4O3/c1-9-6-16-12(7-15-9)8-17-14(21)18-11-4-2-10(3-5-11)13(19)20/h6-7,10-11H,2-5,8H2,1H3,(H,19,20)(H2,17,18,21). The van der Waals surface area contributed by atoms with Crippen LogP contribution in [-0.4, -0.2) is 33.1 Å². The van der Waals surface area contributed by atoms with Crippen molar-refractivity contribution in [2.45, 2.75) is 45.2 Å². The molecule has 2 rings (SSSR count). The first-order chi connectivity index (χ1) is 10.0. The molecule has 0 saturated heterocycles. The molecule has 1 aromatic rings. The molecule has 114 valence electrons. The fraction of sp³-hybridized carbons (Fsp3) is 0.571. The van der Waals surface area contributed by atoms with Gasteiger partial charge < -0.3 is 15.7 Å². The zero-order chi connectivity index (χ0) is 15.2. The summed E-state index contributed by atoms with van der Waals surface area (Å²) in [5, 5.41) is 14.5. The van der Waals surface area contributed by atoms with E-state index in [0.29, 0.717) is 37.9 Å². The van der Waals surface area contributed by atoms with Crippen molar-refractivity contribution < 1.29 is 14.7 Å². The molecule has 0 spiro atoms. The van der Waals surface area contributed by atoms with Crippen molar-refractivity contribution in [1.82, 2.24) is 20.6 Å². The number of nitrogens with one attached hydrogen (secondary N) is 2. The largest absolute Gasteiger partial charge is 0.481 e. The van der Waals surface area contributed by atoms with Gasteiger partial charge in [0.15, 0.2) is 0 Å². The smallest absolute Gasteiger partial charge is 0.315 e. The maximum absolute atomic E-state index is 11.8. The van der Waals surface area contributed by atoms with Crippen LogP contribution in [0.4, 0.5) is 4.79 Å². The maximum atomic E-state index is 11.8. The van der Waals surface area contributed by atoms with Crippen molar-refractivity contribution in [3.63, 3.8) is 0 Å². The summed E-state index contributed by atoms with van der Waals surface area (Å²) in [5.74, 6) is -1.01. The predicted molar refractivity (Wildman–Crippen MR) is 75.5 cm³/mol. The van der Waals surface area contributed by atoms with E-state index in [2.05, 4.69) is 20.6 Å². The number of hydrogen-bond donors (Lipinski definition) is 3. The first-order valence-electron chi connectivity index (χ1n) is 7.09. The van der Waals surface area contributed by atoms with E-state index in [-0.39, 0.29) is 18.0 Å². The fourth-order valence-corrected chi connectivity index (χ4v) is 2.40. The summed E-state index contributed by atoms with van der Waals surface area (Å²) in [5.41, 5.74) is 1.53. The minimum atomic E-state index is -0.740. The molecule has 1 fully saturated rings. The van der Waals surface area contributed by atoms with E-state index in [0.717, 1.165) is 5.69 Å². The molecule has 1 aliphatic rings. The molecule has 0 aromatic carbocycles. The molecule has 1 aromatic heterocycles. The molecule has 1 aliphatic carbocycles. The second kappa shape index (κ2) is 7.01. The second-order valence-corrected chi connectivity index (χ2v) is 5.36. The van der Waals surface area contributed by atoms with Crippen molar-refractivity contribution in [2.75, 3.05) is 0 Å². The SMILES string of the molecule is Cc1cnc(CNC(=O)NC2CCC(C(=O)O)CC2)cn1. The van der Waals surface area contributed by atoms with Crippen LogP contribution in [0, 0.1) is 12.8 Å². The van der Waals surface area contributed by atoms with Crippen molar-refractivity contribution in [3.8, 4) is 0 Å². The number of urea groups is 1. The molecular weight excluding hydrogens is 272 g/mol. The maximum Gasteiger partial charge on any atom is 0.315 e. The molecule has 21 heavy (non-hydrogen) atoms. The number of carbonyl (C=O) groups excluding carboxylic acids is 1. The van der Waals surface area contributed by atoms with Crippen LogP contribution in [0.1, 0.15) is 37.1 Å². The van der Waals surface area contributed by atoms with Gasteiger partial charge in [0.1, 0.15) is 0 Å². The van der Waals surface area contributed by atoms with Crippen LogP contribution in [0.2, 0.25) is 0 Å².